The second-order valence-corrected chi connectivity index (χ2v) is 7.78. The summed E-state index contributed by atoms with van der Waals surface area (Å²) in [6.45, 7) is -0.00188. The minimum absolute atomic E-state index is 0.00188. The summed E-state index contributed by atoms with van der Waals surface area (Å²) in [7, 11) is 1.63. The van der Waals surface area contributed by atoms with E-state index in [1.807, 2.05) is 6.07 Å². The van der Waals surface area contributed by atoms with Gasteiger partial charge in [0.05, 0.1) is 11.4 Å². The molecule has 4 rings (SSSR count). The molecule has 2 amide bonds. The molecule has 0 fully saturated rings. The number of nitrogens with zero attached hydrogens (tertiary/aromatic N) is 3. The van der Waals surface area contributed by atoms with Crippen molar-refractivity contribution in [1.29, 1.82) is 0 Å². The van der Waals surface area contributed by atoms with Gasteiger partial charge in [0.1, 0.15) is 24.2 Å². The summed E-state index contributed by atoms with van der Waals surface area (Å²) in [5.74, 6) is -0.0663. The van der Waals surface area contributed by atoms with E-state index in [-0.39, 0.29) is 18.3 Å². The van der Waals surface area contributed by atoms with E-state index < -0.39 is 12.1 Å². The number of hydrogen-bond acceptors (Lipinski definition) is 4. The van der Waals surface area contributed by atoms with Crippen LogP contribution >= 0.6 is 15.9 Å². The summed E-state index contributed by atoms with van der Waals surface area (Å²) >= 11 is 3.39. The first-order chi connectivity index (χ1) is 14.4. The summed E-state index contributed by atoms with van der Waals surface area (Å²) in [5, 5.41) is 6.77. The van der Waals surface area contributed by atoms with Crippen LogP contribution in [0.25, 0.3) is 0 Å². The van der Waals surface area contributed by atoms with E-state index in [2.05, 4.69) is 26.3 Å². The van der Waals surface area contributed by atoms with Crippen molar-refractivity contribution in [3.63, 3.8) is 0 Å². The quantitative estimate of drug-likeness (QED) is 0.633. The fourth-order valence-electron chi connectivity index (χ4n) is 3.24. The van der Waals surface area contributed by atoms with E-state index in [4.69, 9.17) is 4.74 Å². The highest BCUT2D eigenvalue weighted by Crippen LogP contribution is 2.33. The predicted molar refractivity (Wildman–Crippen MR) is 112 cm³/mol. The Morgan fingerprint density at radius 2 is 2.03 bits per heavy atom. The molecule has 1 aromatic heterocycles. The molecular formula is C21H18BrFN4O3. The molecule has 0 radical (unpaired) electrons. The number of carbonyl (C=O) groups excluding carboxylic acids is 2. The van der Waals surface area contributed by atoms with Crippen molar-refractivity contribution in [3.05, 3.63) is 76.3 Å². The Morgan fingerprint density at radius 3 is 2.80 bits per heavy atom. The second kappa shape index (κ2) is 8.27. The zero-order valence-electron chi connectivity index (χ0n) is 16.0. The number of halogens is 2. The van der Waals surface area contributed by atoms with Crippen LogP contribution in [0.1, 0.15) is 11.3 Å². The second-order valence-electron chi connectivity index (χ2n) is 6.86. The molecule has 0 bridgehead atoms. The maximum absolute atomic E-state index is 13.1. The number of amides is 2. The molecule has 1 unspecified atom stereocenters. The van der Waals surface area contributed by atoms with Crippen molar-refractivity contribution >= 4 is 33.6 Å². The van der Waals surface area contributed by atoms with Gasteiger partial charge in [-0.15, -0.1) is 0 Å². The van der Waals surface area contributed by atoms with Gasteiger partial charge < -0.3 is 15.0 Å². The van der Waals surface area contributed by atoms with E-state index in [1.54, 1.807) is 37.4 Å². The highest BCUT2D eigenvalue weighted by molar-refractivity contribution is 9.10. The van der Waals surface area contributed by atoms with Gasteiger partial charge in [0, 0.05) is 24.1 Å². The summed E-state index contributed by atoms with van der Waals surface area (Å²) in [6.07, 6.45) is 1.89. The van der Waals surface area contributed by atoms with Crippen LogP contribution in [0.2, 0.25) is 0 Å². The van der Waals surface area contributed by atoms with Crippen molar-refractivity contribution in [2.24, 2.45) is 0 Å². The van der Waals surface area contributed by atoms with Gasteiger partial charge in [-0.05, 0) is 42.0 Å². The SMILES string of the molecule is CN1C(=O)C(NC(=O)n2nccc2Cc2ccc(F)cc2)COc2ccc(Br)cc21. The molecule has 2 aromatic carbocycles. The fourth-order valence-corrected chi connectivity index (χ4v) is 3.59. The number of carbonyl (C=O) groups is 2. The summed E-state index contributed by atoms with van der Waals surface area (Å²) < 4.78 is 20.9. The lowest BCUT2D eigenvalue weighted by molar-refractivity contribution is -0.120. The molecule has 0 spiro atoms. The summed E-state index contributed by atoms with van der Waals surface area (Å²) in [6, 6.07) is 11.7. The Kier molecular flexibility index (Phi) is 5.54. The number of ether oxygens (including phenoxy) is 1. The van der Waals surface area contributed by atoms with Gasteiger partial charge >= 0.3 is 6.03 Å². The van der Waals surface area contributed by atoms with Crippen LogP contribution in [0, 0.1) is 5.82 Å². The van der Waals surface area contributed by atoms with E-state index in [0.717, 1.165) is 10.0 Å². The highest BCUT2D eigenvalue weighted by atomic mass is 79.9. The third kappa shape index (κ3) is 4.06. The van der Waals surface area contributed by atoms with Crippen LogP contribution in [0.4, 0.5) is 14.9 Å². The molecular weight excluding hydrogens is 455 g/mol. The largest absolute Gasteiger partial charge is 0.489 e. The van der Waals surface area contributed by atoms with Crippen LogP contribution in [0.3, 0.4) is 0 Å². The van der Waals surface area contributed by atoms with Gasteiger partial charge in [-0.25, -0.2) is 9.18 Å². The zero-order chi connectivity index (χ0) is 21.3. The molecule has 30 heavy (non-hydrogen) atoms. The van der Waals surface area contributed by atoms with Gasteiger partial charge in [0.15, 0.2) is 0 Å². The number of anilines is 1. The average molecular weight is 473 g/mol. The third-order valence-corrected chi connectivity index (χ3v) is 5.32. The van der Waals surface area contributed by atoms with Gasteiger partial charge in [0.2, 0.25) is 0 Å². The fraction of sp³-hybridized carbons (Fsp3) is 0.190. The van der Waals surface area contributed by atoms with Crippen molar-refractivity contribution in [2.75, 3.05) is 18.6 Å². The molecule has 2 heterocycles. The monoisotopic (exact) mass is 472 g/mol. The first kappa shape index (κ1) is 20.1. The molecule has 0 saturated carbocycles. The Morgan fingerprint density at radius 1 is 1.27 bits per heavy atom. The summed E-state index contributed by atoms with van der Waals surface area (Å²) in [5.41, 5.74) is 2.06. The number of benzene rings is 2. The van der Waals surface area contributed by atoms with Crippen LogP contribution in [-0.2, 0) is 11.2 Å². The van der Waals surface area contributed by atoms with E-state index in [0.29, 0.717) is 23.6 Å². The van der Waals surface area contributed by atoms with Gasteiger partial charge in [-0.3, -0.25) is 4.79 Å². The van der Waals surface area contributed by atoms with Crippen LogP contribution in [0.15, 0.2) is 59.2 Å². The Hall–Kier alpha value is -3.20. The molecule has 0 aliphatic carbocycles. The van der Waals surface area contributed by atoms with Crippen molar-refractivity contribution in [3.8, 4) is 5.75 Å². The number of likely N-dealkylation sites (N-methyl/N-ethyl adjacent to an activating group) is 1. The van der Waals surface area contributed by atoms with Crippen LogP contribution < -0.4 is 15.0 Å². The van der Waals surface area contributed by atoms with Gasteiger partial charge in [-0.2, -0.15) is 9.78 Å². The number of nitrogens with one attached hydrogen (secondary N) is 1. The third-order valence-electron chi connectivity index (χ3n) is 4.83. The highest BCUT2D eigenvalue weighted by Gasteiger charge is 2.31. The smallest absolute Gasteiger partial charge is 0.343 e. The molecule has 1 aliphatic rings. The van der Waals surface area contributed by atoms with Crippen LogP contribution in [-0.4, -0.2) is 41.4 Å². The molecule has 9 heteroatoms. The molecule has 1 aliphatic heterocycles. The molecule has 7 nitrogen and oxygen atoms in total. The van der Waals surface area contributed by atoms with Crippen LogP contribution in [0.5, 0.6) is 5.75 Å². The lowest BCUT2D eigenvalue weighted by Crippen LogP contribution is -2.50. The topological polar surface area (TPSA) is 76.5 Å². The van der Waals surface area contributed by atoms with Gasteiger partial charge in [-0.1, -0.05) is 28.1 Å². The predicted octanol–water partition coefficient (Wildman–Crippen LogP) is 3.36. The standard InChI is InChI=1S/C21H18BrFN4O3/c1-26-18-11-14(22)4-7-19(18)30-12-17(20(26)28)25-21(29)27-16(8-9-24-27)10-13-2-5-15(23)6-3-13/h2-9,11,17H,10,12H2,1H3,(H,25,29). The Bertz CT molecular complexity index is 1100. The minimum atomic E-state index is -0.878. The van der Waals surface area contributed by atoms with Crippen molar-refractivity contribution < 1.29 is 18.7 Å². The van der Waals surface area contributed by atoms with E-state index in [1.165, 1.54) is 27.9 Å². The Balaban J connectivity index is 1.50. The summed E-state index contributed by atoms with van der Waals surface area (Å²) in [4.78, 5) is 27.2. The maximum atomic E-state index is 13.1. The molecule has 154 valence electrons. The molecule has 1 atom stereocenters. The average Bonchev–Trinajstić information content (AvgIpc) is 3.16. The molecule has 0 saturated heterocycles. The van der Waals surface area contributed by atoms with Gasteiger partial charge in [0.25, 0.3) is 5.91 Å². The number of aromatic nitrogens is 2. The number of hydrogen-bond donors (Lipinski definition) is 1. The van der Waals surface area contributed by atoms with Crippen molar-refractivity contribution in [2.45, 2.75) is 12.5 Å². The van der Waals surface area contributed by atoms with Crippen molar-refractivity contribution in [1.82, 2.24) is 15.1 Å². The number of rotatable bonds is 3. The lowest BCUT2D eigenvalue weighted by atomic mass is 10.1. The Labute approximate surface area is 180 Å². The first-order valence-corrected chi connectivity index (χ1v) is 10.00. The number of fused-ring (bicyclic) bond motifs is 1. The van der Waals surface area contributed by atoms with E-state index >= 15 is 0 Å². The lowest BCUT2D eigenvalue weighted by Gasteiger charge is -2.20. The maximum Gasteiger partial charge on any atom is 0.343 e. The first-order valence-electron chi connectivity index (χ1n) is 9.20. The zero-order valence-corrected chi connectivity index (χ0v) is 17.6. The minimum Gasteiger partial charge on any atom is -0.489 e. The van der Waals surface area contributed by atoms with E-state index in [9.17, 15) is 14.0 Å². The molecule has 1 N–H and O–H groups in total. The normalized spacial score (nSPS) is 15.9. The molecule has 3 aromatic rings.